The zero-order chi connectivity index (χ0) is 13.7. The second-order valence-corrected chi connectivity index (χ2v) is 7.36. The van der Waals surface area contributed by atoms with Crippen LogP contribution in [-0.2, 0) is 4.79 Å². The Labute approximate surface area is 121 Å². The quantitative estimate of drug-likeness (QED) is 0.826. The third kappa shape index (κ3) is 4.21. The predicted molar refractivity (Wildman–Crippen MR) is 79.0 cm³/mol. The number of aliphatic carboxylic acids is 1. The number of carbonyl (C=O) groups is 2. The van der Waals surface area contributed by atoms with Crippen LogP contribution in [0.2, 0.25) is 0 Å². The van der Waals surface area contributed by atoms with E-state index in [1.165, 1.54) is 23.5 Å². The Morgan fingerprint density at radius 1 is 1.32 bits per heavy atom. The van der Waals surface area contributed by atoms with Gasteiger partial charge in [-0.2, -0.15) is 23.5 Å². The van der Waals surface area contributed by atoms with Crippen molar-refractivity contribution >= 4 is 35.5 Å². The molecular weight excluding hydrogens is 284 g/mol. The zero-order valence-electron chi connectivity index (χ0n) is 10.8. The number of amides is 2. The van der Waals surface area contributed by atoms with Crippen molar-refractivity contribution in [3.63, 3.8) is 0 Å². The molecule has 108 valence electrons. The monoisotopic (exact) mass is 304 g/mol. The van der Waals surface area contributed by atoms with E-state index in [-0.39, 0.29) is 6.03 Å². The minimum Gasteiger partial charge on any atom is -0.480 e. The van der Waals surface area contributed by atoms with E-state index in [1.807, 2.05) is 11.8 Å². The number of carboxylic acids is 1. The van der Waals surface area contributed by atoms with Crippen molar-refractivity contribution in [2.75, 3.05) is 30.3 Å². The third-order valence-electron chi connectivity index (χ3n) is 3.43. The van der Waals surface area contributed by atoms with Crippen molar-refractivity contribution in [2.24, 2.45) is 0 Å². The molecule has 2 fully saturated rings. The molecule has 19 heavy (non-hydrogen) atoms. The molecule has 0 spiro atoms. The molecule has 2 aliphatic rings. The molecular formula is C12H20N2O3S2. The number of rotatable bonds is 3. The number of hydrogen-bond donors (Lipinski definition) is 2. The van der Waals surface area contributed by atoms with E-state index in [2.05, 4.69) is 5.32 Å². The zero-order valence-corrected chi connectivity index (χ0v) is 12.5. The normalized spacial score (nSPS) is 27.9. The van der Waals surface area contributed by atoms with Gasteiger partial charge in [0.25, 0.3) is 0 Å². The Balaban J connectivity index is 1.81. The van der Waals surface area contributed by atoms with Crippen LogP contribution in [0, 0.1) is 0 Å². The van der Waals surface area contributed by atoms with E-state index in [4.69, 9.17) is 5.11 Å². The summed E-state index contributed by atoms with van der Waals surface area (Å²) in [7, 11) is 0. The lowest BCUT2D eigenvalue weighted by Crippen LogP contribution is -2.54. The minimum absolute atomic E-state index is 0.223. The molecule has 2 rings (SSSR count). The number of nitrogens with zero attached hydrogens (tertiary/aromatic N) is 1. The number of nitrogens with one attached hydrogen (secondary N) is 1. The predicted octanol–water partition coefficient (Wildman–Crippen LogP) is 1.48. The SMILES string of the molecule is O=C(O)C1CSCCN1C(=O)NCC1CCCCS1. The largest absolute Gasteiger partial charge is 0.480 e. The van der Waals surface area contributed by atoms with Gasteiger partial charge in [-0.25, -0.2) is 9.59 Å². The molecule has 0 saturated carbocycles. The lowest BCUT2D eigenvalue weighted by atomic mass is 10.2. The van der Waals surface area contributed by atoms with E-state index >= 15 is 0 Å². The second kappa shape index (κ2) is 7.28. The average Bonchev–Trinajstić information content (AvgIpc) is 2.46. The summed E-state index contributed by atoms with van der Waals surface area (Å²) in [6.07, 6.45) is 3.63. The van der Waals surface area contributed by atoms with Crippen molar-refractivity contribution in [3.8, 4) is 0 Å². The molecule has 2 saturated heterocycles. The molecule has 2 heterocycles. The fourth-order valence-corrected chi connectivity index (χ4v) is 4.60. The van der Waals surface area contributed by atoms with Gasteiger partial charge in [0, 0.05) is 29.8 Å². The molecule has 2 N–H and O–H groups in total. The van der Waals surface area contributed by atoms with Crippen LogP contribution in [0.5, 0.6) is 0 Å². The van der Waals surface area contributed by atoms with E-state index in [1.54, 1.807) is 11.8 Å². The minimum atomic E-state index is -0.908. The van der Waals surface area contributed by atoms with Gasteiger partial charge in [0.1, 0.15) is 6.04 Å². The molecule has 0 aromatic carbocycles. The highest BCUT2D eigenvalue weighted by Crippen LogP contribution is 2.24. The van der Waals surface area contributed by atoms with Crippen LogP contribution in [0.3, 0.4) is 0 Å². The topological polar surface area (TPSA) is 69.6 Å². The molecule has 2 atom stereocenters. The first kappa shape index (κ1) is 14.8. The molecule has 2 unspecified atom stereocenters. The molecule has 0 bridgehead atoms. The standard InChI is InChI=1S/C12H20N2O3S2/c15-11(16)10-8-18-6-4-14(10)12(17)13-7-9-3-1-2-5-19-9/h9-10H,1-8H2,(H,13,17)(H,15,16). The van der Waals surface area contributed by atoms with Gasteiger partial charge >= 0.3 is 12.0 Å². The number of urea groups is 1. The van der Waals surface area contributed by atoms with Crippen molar-refractivity contribution in [1.29, 1.82) is 0 Å². The highest BCUT2D eigenvalue weighted by atomic mass is 32.2. The van der Waals surface area contributed by atoms with Crippen LogP contribution in [0.1, 0.15) is 19.3 Å². The number of carboxylic acid groups (broad SMARTS) is 1. The Kier molecular flexibility index (Phi) is 5.69. The van der Waals surface area contributed by atoms with Gasteiger partial charge in [0.05, 0.1) is 0 Å². The fraction of sp³-hybridized carbons (Fsp3) is 0.833. The molecule has 2 amide bonds. The number of carbonyl (C=O) groups excluding carboxylic acids is 1. The smallest absolute Gasteiger partial charge is 0.327 e. The third-order valence-corrected chi connectivity index (χ3v) is 5.85. The van der Waals surface area contributed by atoms with Gasteiger partial charge in [-0.1, -0.05) is 6.42 Å². The Morgan fingerprint density at radius 2 is 2.16 bits per heavy atom. The summed E-state index contributed by atoms with van der Waals surface area (Å²) in [5, 5.41) is 12.5. The first-order valence-corrected chi connectivity index (χ1v) is 8.85. The maximum atomic E-state index is 12.1. The summed E-state index contributed by atoms with van der Waals surface area (Å²) in [6, 6.07) is -0.906. The summed E-state index contributed by atoms with van der Waals surface area (Å²) < 4.78 is 0. The lowest BCUT2D eigenvalue weighted by Gasteiger charge is -2.33. The summed E-state index contributed by atoms with van der Waals surface area (Å²) in [4.78, 5) is 24.7. The van der Waals surface area contributed by atoms with E-state index in [0.29, 0.717) is 24.1 Å². The van der Waals surface area contributed by atoms with Crippen LogP contribution in [0.15, 0.2) is 0 Å². The summed E-state index contributed by atoms with van der Waals surface area (Å²) in [6.45, 7) is 1.17. The molecule has 0 aromatic heterocycles. The maximum absolute atomic E-state index is 12.1. The average molecular weight is 304 g/mol. The van der Waals surface area contributed by atoms with Gasteiger partial charge < -0.3 is 15.3 Å². The van der Waals surface area contributed by atoms with Gasteiger partial charge in [-0.3, -0.25) is 0 Å². The first-order chi connectivity index (χ1) is 9.18. The molecule has 0 radical (unpaired) electrons. The van der Waals surface area contributed by atoms with E-state index in [0.717, 1.165) is 12.2 Å². The van der Waals surface area contributed by atoms with Crippen molar-refractivity contribution < 1.29 is 14.7 Å². The van der Waals surface area contributed by atoms with Gasteiger partial charge in [0.2, 0.25) is 0 Å². The van der Waals surface area contributed by atoms with Crippen LogP contribution in [0.25, 0.3) is 0 Å². The highest BCUT2D eigenvalue weighted by Gasteiger charge is 2.32. The highest BCUT2D eigenvalue weighted by molar-refractivity contribution is 8.00. The van der Waals surface area contributed by atoms with Gasteiger partial charge in [-0.05, 0) is 18.6 Å². The van der Waals surface area contributed by atoms with Crippen molar-refractivity contribution in [2.45, 2.75) is 30.6 Å². The molecule has 0 aliphatic carbocycles. The Bertz CT molecular complexity index is 335. The van der Waals surface area contributed by atoms with Crippen LogP contribution < -0.4 is 5.32 Å². The molecule has 7 heteroatoms. The summed E-state index contributed by atoms with van der Waals surface area (Å²) in [5.41, 5.74) is 0. The first-order valence-electron chi connectivity index (χ1n) is 6.65. The molecule has 5 nitrogen and oxygen atoms in total. The number of hydrogen-bond acceptors (Lipinski definition) is 4. The maximum Gasteiger partial charge on any atom is 0.327 e. The van der Waals surface area contributed by atoms with Crippen LogP contribution in [0.4, 0.5) is 4.79 Å². The Morgan fingerprint density at radius 3 is 2.84 bits per heavy atom. The van der Waals surface area contributed by atoms with E-state index < -0.39 is 12.0 Å². The van der Waals surface area contributed by atoms with E-state index in [9.17, 15) is 9.59 Å². The molecule has 0 aromatic rings. The van der Waals surface area contributed by atoms with Crippen LogP contribution in [-0.4, -0.2) is 63.6 Å². The van der Waals surface area contributed by atoms with Crippen LogP contribution >= 0.6 is 23.5 Å². The van der Waals surface area contributed by atoms with Crippen molar-refractivity contribution in [3.05, 3.63) is 0 Å². The molecule has 2 aliphatic heterocycles. The second-order valence-electron chi connectivity index (χ2n) is 4.80. The summed E-state index contributed by atoms with van der Waals surface area (Å²) >= 11 is 3.50. The lowest BCUT2D eigenvalue weighted by molar-refractivity contribution is -0.141. The van der Waals surface area contributed by atoms with Gasteiger partial charge in [-0.15, -0.1) is 0 Å². The van der Waals surface area contributed by atoms with Crippen molar-refractivity contribution in [1.82, 2.24) is 10.2 Å². The fourth-order valence-electron chi connectivity index (χ4n) is 2.32. The summed E-state index contributed by atoms with van der Waals surface area (Å²) in [5.74, 6) is 1.56. The number of thioether (sulfide) groups is 2. The Hall–Kier alpha value is -0.560. The van der Waals surface area contributed by atoms with Gasteiger partial charge in [0.15, 0.2) is 0 Å².